The van der Waals surface area contributed by atoms with Gasteiger partial charge < -0.3 is 14.3 Å². The zero-order valence-corrected chi connectivity index (χ0v) is 5.37. The monoisotopic (exact) mass is 141 g/mol. The summed E-state index contributed by atoms with van der Waals surface area (Å²) in [6, 6.07) is 0. The molecule has 0 radical (unpaired) electrons. The molecule has 1 heterocycles. The quantitative estimate of drug-likeness (QED) is 0.312. The van der Waals surface area contributed by atoms with Crippen LogP contribution in [-0.2, 0) is 14.3 Å². The fourth-order valence-corrected chi connectivity index (χ4v) is 0.460. The van der Waals surface area contributed by atoms with Crippen molar-refractivity contribution in [2.75, 3.05) is 19.8 Å². The van der Waals surface area contributed by atoms with Gasteiger partial charge in [-0.05, 0) is 0 Å². The van der Waals surface area contributed by atoms with Crippen LogP contribution in [0.2, 0.25) is 0 Å². The predicted octanol–water partition coefficient (Wildman–Crippen LogP) is -0.152. The van der Waals surface area contributed by atoms with E-state index in [1.807, 2.05) is 0 Å². The van der Waals surface area contributed by atoms with Gasteiger partial charge in [0.05, 0.1) is 6.61 Å². The molecule has 0 saturated carbocycles. The first-order chi connectivity index (χ1) is 4.83. The van der Waals surface area contributed by atoms with E-state index in [2.05, 4.69) is 9.58 Å². The highest BCUT2D eigenvalue weighted by molar-refractivity contribution is 5.73. The average Bonchev–Trinajstić information content (AvgIpc) is 2.67. The second-order valence-electron chi connectivity index (χ2n) is 1.95. The van der Waals surface area contributed by atoms with Crippen LogP contribution >= 0.6 is 0 Å². The molecule has 0 spiro atoms. The first kappa shape index (κ1) is 7.03. The summed E-state index contributed by atoms with van der Waals surface area (Å²) in [6.07, 6.45) is 0.0923. The minimum absolute atomic E-state index is 0.0923. The Morgan fingerprint density at radius 1 is 1.90 bits per heavy atom. The second-order valence-corrected chi connectivity index (χ2v) is 1.95. The Morgan fingerprint density at radius 2 is 2.60 bits per heavy atom. The minimum atomic E-state index is -0.467. The molecule has 1 aliphatic heterocycles. The van der Waals surface area contributed by atoms with Gasteiger partial charge in [-0.15, -0.1) is 0 Å². The van der Waals surface area contributed by atoms with Crippen molar-refractivity contribution in [3.63, 3.8) is 0 Å². The Kier molecular flexibility index (Phi) is 2.24. The minimum Gasteiger partial charge on any atom is -0.457 e. The molecule has 0 aromatic carbocycles. The van der Waals surface area contributed by atoms with Crippen molar-refractivity contribution in [3.8, 4) is 0 Å². The highest BCUT2D eigenvalue weighted by Crippen LogP contribution is 2.08. The van der Waals surface area contributed by atoms with E-state index in [4.69, 9.17) is 11.3 Å². The van der Waals surface area contributed by atoms with Crippen LogP contribution in [0.4, 0.5) is 0 Å². The maximum atomic E-state index is 10.5. The first-order valence-electron chi connectivity index (χ1n) is 2.93. The number of hydrogen-bond donors (Lipinski definition) is 0. The molecule has 1 unspecified atom stereocenters. The summed E-state index contributed by atoms with van der Waals surface area (Å²) in [5, 5.41) is 0. The molecule has 0 amide bonds. The van der Waals surface area contributed by atoms with Crippen LogP contribution in [0.5, 0.6) is 0 Å². The zero-order chi connectivity index (χ0) is 7.40. The summed E-state index contributed by atoms with van der Waals surface area (Å²) in [6.45, 7) is 7.11. The van der Waals surface area contributed by atoms with Gasteiger partial charge in [0.2, 0.25) is 0 Å². The van der Waals surface area contributed by atoms with Crippen molar-refractivity contribution < 1.29 is 14.3 Å². The van der Waals surface area contributed by atoms with Crippen molar-refractivity contribution in [1.29, 1.82) is 0 Å². The van der Waals surface area contributed by atoms with Gasteiger partial charge in [0.15, 0.2) is 0 Å². The average molecular weight is 141 g/mol. The van der Waals surface area contributed by atoms with E-state index < -0.39 is 5.97 Å². The molecule has 1 saturated heterocycles. The van der Waals surface area contributed by atoms with Crippen molar-refractivity contribution >= 4 is 5.97 Å². The van der Waals surface area contributed by atoms with Crippen molar-refractivity contribution in [1.82, 2.24) is 0 Å². The van der Waals surface area contributed by atoms with Crippen molar-refractivity contribution in [3.05, 3.63) is 11.4 Å². The summed E-state index contributed by atoms with van der Waals surface area (Å²) in [5.74, 6) is -0.467. The normalized spacial score (nSPS) is 21.3. The number of carbonyl (C=O) groups is 1. The Labute approximate surface area is 58.5 Å². The predicted molar refractivity (Wildman–Crippen MR) is 32.2 cm³/mol. The maximum absolute atomic E-state index is 10.5. The molecule has 0 aromatic heterocycles. The number of hydrogen-bond acceptors (Lipinski definition) is 3. The van der Waals surface area contributed by atoms with Gasteiger partial charge in [-0.25, -0.2) is 11.4 Å². The SMILES string of the molecule is [C-]#[N+]CC(=O)OCC1CO1. The number of esters is 1. The van der Waals surface area contributed by atoms with Gasteiger partial charge in [-0.3, -0.25) is 0 Å². The van der Waals surface area contributed by atoms with Crippen molar-refractivity contribution in [2.24, 2.45) is 0 Å². The van der Waals surface area contributed by atoms with Crippen LogP contribution in [0, 0.1) is 6.57 Å². The number of rotatable bonds is 3. The highest BCUT2D eigenvalue weighted by atomic mass is 16.6. The van der Waals surface area contributed by atoms with Crippen molar-refractivity contribution in [2.45, 2.75) is 6.10 Å². The third-order valence-corrected chi connectivity index (χ3v) is 1.04. The van der Waals surface area contributed by atoms with E-state index in [0.29, 0.717) is 13.2 Å². The summed E-state index contributed by atoms with van der Waals surface area (Å²) in [5.41, 5.74) is 0. The fraction of sp³-hybridized carbons (Fsp3) is 0.667. The molecule has 1 fully saturated rings. The molecular formula is C6H7NO3. The van der Waals surface area contributed by atoms with Crippen LogP contribution in [0.25, 0.3) is 4.85 Å². The number of epoxide rings is 1. The molecule has 54 valence electrons. The number of carbonyl (C=O) groups excluding carboxylic acids is 1. The van der Waals surface area contributed by atoms with E-state index >= 15 is 0 Å². The van der Waals surface area contributed by atoms with Gasteiger partial charge >= 0.3 is 12.5 Å². The lowest BCUT2D eigenvalue weighted by molar-refractivity contribution is -0.141. The summed E-state index contributed by atoms with van der Waals surface area (Å²) in [7, 11) is 0. The van der Waals surface area contributed by atoms with Crippen LogP contribution in [0.15, 0.2) is 0 Å². The number of nitrogens with zero attached hydrogens (tertiary/aromatic N) is 1. The van der Waals surface area contributed by atoms with E-state index in [1.54, 1.807) is 0 Å². The molecule has 1 rings (SSSR count). The molecule has 4 heteroatoms. The Morgan fingerprint density at radius 3 is 3.10 bits per heavy atom. The first-order valence-corrected chi connectivity index (χ1v) is 2.93. The fourth-order valence-electron chi connectivity index (χ4n) is 0.460. The Balaban J connectivity index is 2.01. The van der Waals surface area contributed by atoms with E-state index in [0.717, 1.165) is 0 Å². The molecule has 0 bridgehead atoms. The lowest BCUT2D eigenvalue weighted by Crippen LogP contribution is -2.11. The lowest BCUT2D eigenvalue weighted by atomic mass is 10.5. The molecule has 1 aliphatic rings. The smallest absolute Gasteiger partial charge is 0.387 e. The van der Waals surface area contributed by atoms with E-state index in [9.17, 15) is 4.79 Å². The van der Waals surface area contributed by atoms with E-state index in [1.165, 1.54) is 0 Å². The molecule has 0 aromatic rings. The van der Waals surface area contributed by atoms with E-state index in [-0.39, 0.29) is 12.6 Å². The van der Waals surface area contributed by atoms with Crippen LogP contribution in [-0.4, -0.2) is 31.8 Å². The van der Waals surface area contributed by atoms with Gasteiger partial charge in [-0.1, -0.05) is 0 Å². The molecule has 1 atom stereocenters. The molecule has 4 nitrogen and oxygen atoms in total. The molecule has 0 N–H and O–H groups in total. The summed E-state index contributed by atoms with van der Waals surface area (Å²) < 4.78 is 9.41. The van der Waals surface area contributed by atoms with Crippen LogP contribution in [0.3, 0.4) is 0 Å². The lowest BCUT2D eigenvalue weighted by Gasteiger charge is -1.94. The largest absolute Gasteiger partial charge is 0.457 e. The maximum Gasteiger partial charge on any atom is 0.387 e. The Hall–Kier alpha value is -1.08. The summed E-state index contributed by atoms with van der Waals surface area (Å²) >= 11 is 0. The second kappa shape index (κ2) is 3.18. The van der Waals surface area contributed by atoms with Gasteiger partial charge in [0.1, 0.15) is 12.7 Å². The highest BCUT2D eigenvalue weighted by Gasteiger charge is 2.24. The molecular weight excluding hydrogens is 134 g/mol. The van der Waals surface area contributed by atoms with Gasteiger partial charge in [0, 0.05) is 0 Å². The third-order valence-electron chi connectivity index (χ3n) is 1.04. The number of ether oxygens (including phenoxy) is 2. The summed E-state index contributed by atoms with van der Waals surface area (Å²) in [4.78, 5) is 13.4. The Bertz CT molecular complexity index is 168. The topological polar surface area (TPSA) is 43.2 Å². The van der Waals surface area contributed by atoms with Gasteiger partial charge in [-0.2, -0.15) is 0 Å². The van der Waals surface area contributed by atoms with Crippen LogP contribution in [0.1, 0.15) is 0 Å². The molecule has 10 heavy (non-hydrogen) atoms. The van der Waals surface area contributed by atoms with Gasteiger partial charge in [0.25, 0.3) is 0 Å². The zero-order valence-electron chi connectivity index (χ0n) is 5.37. The van der Waals surface area contributed by atoms with Crippen LogP contribution < -0.4 is 0 Å². The third kappa shape index (κ3) is 2.46. The molecule has 0 aliphatic carbocycles. The standard InChI is InChI=1S/C6H7NO3/c1-7-2-6(8)10-4-5-3-9-5/h5H,2-4H2.